The predicted molar refractivity (Wildman–Crippen MR) is 89.1 cm³/mol. The van der Waals surface area contributed by atoms with Crippen molar-refractivity contribution in [3.8, 4) is 0 Å². The molecule has 0 aliphatic carbocycles. The number of thiazole rings is 1. The van der Waals surface area contributed by atoms with E-state index >= 15 is 0 Å². The third-order valence-corrected chi connectivity index (χ3v) is 5.91. The summed E-state index contributed by atoms with van der Waals surface area (Å²) >= 11 is 1.71. The Morgan fingerprint density at radius 3 is 2.74 bits per heavy atom. The van der Waals surface area contributed by atoms with Crippen LogP contribution in [0.15, 0.2) is 36.1 Å². The minimum absolute atomic E-state index is 0.0855. The van der Waals surface area contributed by atoms with E-state index in [4.69, 9.17) is 0 Å². The predicted octanol–water partition coefficient (Wildman–Crippen LogP) is 2.18. The maximum Gasteiger partial charge on any atom is 0.221 e. The number of piperidine rings is 1. The Balaban J connectivity index is 1.49. The number of carbonyl (C=O) groups excluding carboxylic acids is 1. The molecule has 2 aromatic rings. The van der Waals surface area contributed by atoms with Crippen molar-refractivity contribution in [2.45, 2.75) is 37.3 Å². The molecule has 0 radical (unpaired) electrons. The highest BCUT2D eigenvalue weighted by Crippen LogP contribution is 2.43. The van der Waals surface area contributed by atoms with E-state index in [1.54, 1.807) is 11.3 Å². The molecule has 1 unspecified atom stereocenters. The molecular weight excluding hydrogens is 308 g/mol. The molecular formula is C17H20N4OS. The summed E-state index contributed by atoms with van der Waals surface area (Å²) in [6.45, 7) is 2.92. The number of hydrogen-bond donors (Lipinski definition) is 1. The first kappa shape index (κ1) is 14.8. The summed E-state index contributed by atoms with van der Waals surface area (Å²) < 4.78 is 0. The van der Waals surface area contributed by atoms with E-state index in [2.05, 4.69) is 32.3 Å². The van der Waals surface area contributed by atoms with Crippen LogP contribution < -0.4 is 5.32 Å². The number of hydrogen-bond acceptors (Lipinski definition) is 5. The van der Waals surface area contributed by atoms with Gasteiger partial charge in [0.2, 0.25) is 5.91 Å². The van der Waals surface area contributed by atoms with Crippen LogP contribution in [0.3, 0.4) is 0 Å². The first-order valence-electron chi connectivity index (χ1n) is 8.07. The van der Waals surface area contributed by atoms with Crippen LogP contribution >= 0.6 is 11.3 Å². The molecule has 1 amide bonds. The summed E-state index contributed by atoms with van der Waals surface area (Å²) in [6, 6.07) is 4.10. The Bertz CT molecular complexity index is 665. The quantitative estimate of drug-likeness (QED) is 0.938. The number of nitrogens with one attached hydrogen (secondary N) is 1. The third-order valence-electron chi connectivity index (χ3n) is 5.14. The number of nitrogens with zero attached hydrogens (tertiary/aromatic N) is 3. The molecule has 2 aliphatic heterocycles. The second-order valence-electron chi connectivity index (χ2n) is 6.44. The monoisotopic (exact) mass is 328 g/mol. The number of pyridine rings is 1. The Morgan fingerprint density at radius 1 is 1.26 bits per heavy atom. The first-order chi connectivity index (χ1) is 11.3. The molecule has 5 nitrogen and oxygen atoms in total. The SMILES string of the molecule is O=C1CC(c2ccncc2)C2(CCN(Cc3nccs3)CC2)N1. The van der Waals surface area contributed by atoms with Crippen LogP contribution in [0.4, 0.5) is 0 Å². The molecule has 1 N–H and O–H groups in total. The van der Waals surface area contributed by atoms with Crippen molar-refractivity contribution in [2.24, 2.45) is 0 Å². The maximum atomic E-state index is 12.1. The van der Waals surface area contributed by atoms with Gasteiger partial charge in [0.1, 0.15) is 5.01 Å². The molecule has 0 saturated carbocycles. The van der Waals surface area contributed by atoms with Crippen molar-refractivity contribution in [2.75, 3.05) is 13.1 Å². The fourth-order valence-electron chi connectivity index (χ4n) is 3.94. The van der Waals surface area contributed by atoms with Gasteiger partial charge in [-0.3, -0.25) is 14.7 Å². The van der Waals surface area contributed by atoms with Crippen molar-refractivity contribution >= 4 is 17.2 Å². The third kappa shape index (κ3) is 2.88. The van der Waals surface area contributed by atoms with Crippen molar-refractivity contribution in [1.82, 2.24) is 20.2 Å². The molecule has 4 heterocycles. The van der Waals surface area contributed by atoms with Gasteiger partial charge in [0.05, 0.1) is 6.54 Å². The lowest BCUT2D eigenvalue weighted by Crippen LogP contribution is -2.53. The van der Waals surface area contributed by atoms with Crippen LogP contribution in [-0.2, 0) is 11.3 Å². The summed E-state index contributed by atoms with van der Waals surface area (Å²) in [5.74, 6) is 0.445. The maximum absolute atomic E-state index is 12.1. The summed E-state index contributed by atoms with van der Waals surface area (Å²) in [7, 11) is 0. The van der Waals surface area contributed by atoms with Gasteiger partial charge in [0.25, 0.3) is 0 Å². The smallest absolute Gasteiger partial charge is 0.221 e. The molecule has 23 heavy (non-hydrogen) atoms. The molecule has 120 valence electrons. The zero-order valence-corrected chi connectivity index (χ0v) is 13.8. The van der Waals surface area contributed by atoms with Gasteiger partial charge in [-0.2, -0.15) is 0 Å². The largest absolute Gasteiger partial charge is 0.350 e. The molecule has 2 aromatic heterocycles. The summed E-state index contributed by atoms with van der Waals surface area (Å²) in [5.41, 5.74) is 1.14. The summed E-state index contributed by atoms with van der Waals surface area (Å²) in [6.07, 6.45) is 8.10. The normalized spacial score (nSPS) is 24.0. The number of likely N-dealkylation sites (tertiary alicyclic amines) is 1. The number of aromatic nitrogens is 2. The van der Waals surface area contributed by atoms with Crippen molar-refractivity contribution < 1.29 is 4.79 Å². The highest BCUT2D eigenvalue weighted by atomic mass is 32.1. The van der Waals surface area contributed by atoms with Crippen LogP contribution in [0, 0.1) is 0 Å². The van der Waals surface area contributed by atoms with Crippen LogP contribution in [0.5, 0.6) is 0 Å². The van der Waals surface area contributed by atoms with E-state index in [0.29, 0.717) is 6.42 Å². The lowest BCUT2D eigenvalue weighted by atomic mass is 9.74. The van der Waals surface area contributed by atoms with Gasteiger partial charge in [-0.25, -0.2) is 4.98 Å². The molecule has 2 saturated heterocycles. The van der Waals surface area contributed by atoms with E-state index in [1.807, 2.05) is 24.0 Å². The molecule has 6 heteroatoms. The van der Waals surface area contributed by atoms with Gasteiger partial charge in [-0.15, -0.1) is 11.3 Å². The average molecular weight is 328 g/mol. The second-order valence-corrected chi connectivity index (χ2v) is 7.42. The van der Waals surface area contributed by atoms with Gasteiger partial charge in [-0.1, -0.05) is 0 Å². The van der Waals surface area contributed by atoms with Crippen LogP contribution in [-0.4, -0.2) is 39.4 Å². The fraction of sp³-hybridized carbons (Fsp3) is 0.471. The molecule has 4 rings (SSSR count). The van der Waals surface area contributed by atoms with Crippen LogP contribution in [0.2, 0.25) is 0 Å². The van der Waals surface area contributed by atoms with E-state index in [1.165, 1.54) is 10.6 Å². The minimum Gasteiger partial charge on any atom is -0.350 e. The van der Waals surface area contributed by atoms with Gasteiger partial charge in [-0.05, 0) is 30.5 Å². The molecule has 0 bridgehead atoms. The number of carbonyl (C=O) groups is 1. The Hall–Kier alpha value is -1.79. The highest BCUT2D eigenvalue weighted by Gasteiger charge is 2.48. The van der Waals surface area contributed by atoms with Gasteiger partial charge < -0.3 is 5.32 Å². The standard InChI is InChI=1S/C17H20N4OS/c22-15-11-14(13-1-5-18-6-2-13)17(20-15)3-8-21(9-4-17)12-16-19-7-10-23-16/h1-2,5-7,10,14H,3-4,8-9,11-12H2,(H,20,22). The summed E-state index contributed by atoms with van der Waals surface area (Å²) in [5, 5.41) is 6.49. The van der Waals surface area contributed by atoms with E-state index < -0.39 is 0 Å². The zero-order valence-electron chi connectivity index (χ0n) is 12.9. The molecule has 0 aromatic carbocycles. The van der Waals surface area contributed by atoms with E-state index in [9.17, 15) is 4.79 Å². The lowest BCUT2D eigenvalue weighted by Gasteiger charge is -2.42. The average Bonchev–Trinajstić information content (AvgIpc) is 3.19. The van der Waals surface area contributed by atoms with Crippen molar-refractivity contribution in [3.05, 3.63) is 46.7 Å². The molecule has 1 atom stereocenters. The van der Waals surface area contributed by atoms with Crippen molar-refractivity contribution in [3.63, 3.8) is 0 Å². The van der Waals surface area contributed by atoms with Crippen LogP contribution in [0.25, 0.3) is 0 Å². The Kier molecular flexibility index (Phi) is 3.87. The number of amides is 1. The van der Waals surface area contributed by atoms with Crippen molar-refractivity contribution in [1.29, 1.82) is 0 Å². The minimum atomic E-state index is -0.0855. The zero-order chi connectivity index (χ0) is 15.7. The van der Waals surface area contributed by atoms with Crippen LogP contribution in [0.1, 0.15) is 35.8 Å². The summed E-state index contributed by atoms with van der Waals surface area (Å²) in [4.78, 5) is 23.0. The van der Waals surface area contributed by atoms with Gasteiger partial charge in [0, 0.05) is 54.9 Å². The van der Waals surface area contributed by atoms with E-state index in [-0.39, 0.29) is 17.4 Å². The Morgan fingerprint density at radius 2 is 2.04 bits per heavy atom. The Labute approximate surface area is 139 Å². The lowest BCUT2D eigenvalue weighted by molar-refractivity contribution is -0.120. The van der Waals surface area contributed by atoms with Gasteiger partial charge in [0.15, 0.2) is 0 Å². The molecule has 2 aliphatic rings. The fourth-order valence-corrected chi connectivity index (χ4v) is 4.59. The molecule has 2 fully saturated rings. The van der Waals surface area contributed by atoms with Gasteiger partial charge >= 0.3 is 0 Å². The number of rotatable bonds is 3. The highest BCUT2D eigenvalue weighted by molar-refractivity contribution is 7.09. The molecule has 1 spiro atoms. The first-order valence-corrected chi connectivity index (χ1v) is 8.95. The van der Waals surface area contributed by atoms with E-state index in [0.717, 1.165) is 32.5 Å². The second kappa shape index (κ2) is 6.02. The topological polar surface area (TPSA) is 58.1 Å².